The van der Waals surface area contributed by atoms with E-state index in [9.17, 15) is 4.79 Å². The van der Waals surface area contributed by atoms with Gasteiger partial charge in [0, 0.05) is 13.1 Å². The van der Waals surface area contributed by atoms with E-state index >= 15 is 0 Å². The van der Waals surface area contributed by atoms with Gasteiger partial charge in [0.1, 0.15) is 0 Å². The van der Waals surface area contributed by atoms with Gasteiger partial charge in [-0.1, -0.05) is 19.1 Å². The van der Waals surface area contributed by atoms with Gasteiger partial charge < -0.3 is 9.32 Å². The smallest absolute Gasteiger partial charge is 0.289 e. The molecule has 5 heteroatoms. The lowest BCUT2D eigenvalue weighted by Gasteiger charge is -2.18. The minimum atomic E-state index is -0.00328. The summed E-state index contributed by atoms with van der Waals surface area (Å²) in [5, 5.41) is 0.819. The number of hydrogen-bond donors (Lipinski definition) is 0. The predicted octanol–water partition coefficient (Wildman–Crippen LogP) is 4.82. The molecular weight excluding hydrogens is 320 g/mol. The number of furan rings is 1. The molecule has 0 N–H and O–H groups in total. The molecule has 0 radical (unpaired) electrons. The molecule has 3 heterocycles. The van der Waals surface area contributed by atoms with Crippen molar-refractivity contribution in [3.8, 4) is 10.8 Å². The number of carbonyl (C=O) groups is 1. The minimum absolute atomic E-state index is 0.00328. The Bertz CT molecular complexity index is 834. The van der Waals surface area contributed by atoms with Crippen molar-refractivity contribution < 1.29 is 9.21 Å². The Morgan fingerprint density at radius 1 is 1.21 bits per heavy atom. The van der Waals surface area contributed by atoms with E-state index in [1.54, 1.807) is 17.4 Å². The number of likely N-dealkylation sites (tertiary alicyclic amines) is 1. The fourth-order valence-corrected chi connectivity index (χ4v) is 4.09. The van der Waals surface area contributed by atoms with Crippen molar-refractivity contribution in [1.82, 2.24) is 9.88 Å². The van der Waals surface area contributed by atoms with Gasteiger partial charge in [0.2, 0.25) is 0 Å². The first-order chi connectivity index (χ1) is 11.7. The topological polar surface area (TPSA) is 46.3 Å². The van der Waals surface area contributed by atoms with Crippen LogP contribution in [0.4, 0.5) is 0 Å². The van der Waals surface area contributed by atoms with E-state index in [1.165, 1.54) is 6.42 Å². The van der Waals surface area contributed by atoms with Crippen LogP contribution in [-0.4, -0.2) is 28.9 Å². The minimum Gasteiger partial charge on any atom is -0.448 e. The van der Waals surface area contributed by atoms with Gasteiger partial charge in [-0.15, -0.1) is 11.3 Å². The van der Waals surface area contributed by atoms with Gasteiger partial charge in [-0.3, -0.25) is 4.79 Å². The average molecular weight is 340 g/mol. The van der Waals surface area contributed by atoms with Gasteiger partial charge >= 0.3 is 0 Å². The Morgan fingerprint density at radius 2 is 2.08 bits per heavy atom. The van der Waals surface area contributed by atoms with Crippen molar-refractivity contribution in [2.45, 2.75) is 26.2 Å². The van der Waals surface area contributed by atoms with E-state index in [0.29, 0.717) is 17.4 Å². The Labute approximate surface area is 145 Å². The molecule has 124 valence electrons. The fraction of sp³-hybridized carbons (Fsp3) is 0.368. The third-order valence-electron chi connectivity index (χ3n) is 4.63. The standard InChI is InChI=1S/C19H20N2O2S/c1-13-5-4-11-21(12-10-13)19(22)16-9-8-15(23-16)18-20-14-6-2-3-7-17(14)24-18/h2-3,6-9,13H,4-5,10-12H2,1H3/t13-/m1/s1. The molecule has 1 amide bonds. The van der Waals surface area contributed by atoms with E-state index in [-0.39, 0.29) is 5.91 Å². The van der Waals surface area contributed by atoms with E-state index in [0.717, 1.165) is 41.2 Å². The monoisotopic (exact) mass is 340 g/mol. The van der Waals surface area contributed by atoms with Gasteiger partial charge in [0.05, 0.1) is 10.2 Å². The maximum atomic E-state index is 12.7. The summed E-state index contributed by atoms with van der Waals surface area (Å²) in [5.41, 5.74) is 0.961. The zero-order chi connectivity index (χ0) is 16.5. The molecule has 1 saturated heterocycles. The molecule has 24 heavy (non-hydrogen) atoms. The second kappa shape index (κ2) is 6.40. The number of hydrogen-bond acceptors (Lipinski definition) is 4. The van der Waals surface area contributed by atoms with Crippen LogP contribution in [0.2, 0.25) is 0 Å². The molecule has 0 spiro atoms. The molecule has 4 nitrogen and oxygen atoms in total. The number of thiazole rings is 1. The number of carbonyl (C=O) groups excluding carboxylic acids is 1. The molecule has 3 aromatic rings. The summed E-state index contributed by atoms with van der Waals surface area (Å²) >= 11 is 1.58. The van der Waals surface area contributed by atoms with Gasteiger partial charge in [-0.25, -0.2) is 4.98 Å². The highest BCUT2D eigenvalue weighted by atomic mass is 32.1. The summed E-state index contributed by atoms with van der Waals surface area (Å²) in [6, 6.07) is 11.6. The Balaban J connectivity index is 1.56. The molecule has 1 fully saturated rings. The molecule has 2 aromatic heterocycles. The van der Waals surface area contributed by atoms with Crippen LogP contribution in [0, 0.1) is 5.92 Å². The number of aromatic nitrogens is 1. The van der Waals surface area contributed by atoms with Crippen molar-refractivity contribution in [1.29, 1.82) is 0 Å². The number of rotatable bonds is 2. The average Bonchev–Trinajstić information content (AvgIpc) is 3.18. The molecule has 0 unspecified atom stereocenters. The second-order valence-corrected chi connectivity index (χ2v) is 7.51. The van der Waals surface area contributed by atoms with Gasteiger partial charge in [0.25, 0.3) is 5.91 Å². The lowest BCUT2D eigenvalue weighted by atomic mass is 10.0. The SMILES string of the molecule is C[C@@H]1CCCN(C(=O)c2ccc(-c3nc4ccccc4s3)o2)CC1. The summed E-state index contributed by atoms with van der Waals surface area (Å²) in [6.45, 7) is 3.89. The molecule has 1 aromatic carbocycles. The van der Waals surface area contributed by atoms with Crippen LogP contribution in [0.25, 0.3) is 21.0 Å². The number of para-hydroxylation sites is 1. The van der Waals surface area contributed by atoms with Crippen molar-refractivity contribution in [3.05, 3.63) is 42.2 Å². The third kappa shape index (κ3) is 2.96. The van der Waals surface area contributed by atoms with Gasteiger partial charge in [0.15, 0.2) is 16.5 Å². The van der Waals surface area contributed by atoms with Crippen LogP contribution in [-0.2, 0) is 0 Å². The Kier molecular flexibility index (Phi) is 4.10. The lowest BCUT2D eigenvalue weighted by molar-refractivity contribution is 0.0729. The van der Waals surface area contributed by atoms with Crippen LogP contribution in [0.15, 0.2) is 40.8 Å². The maximum absolute atomic E-state index is 12.7. The molecule has 0 aliphatic carbocycles. The number of benzene rings is 1. The van der Waals surface area contributed by atoms with Crippen molar-refractivity contribution in [2.24, 2.45) is 5.92 Å². The zero-order valence-corrected chi connectivity index (χ0v) is 14.5. The molecule has 4 rings (SSSR count). The first-order valence-electron chi connectivity index (χ1n) is 8.46. The highest BCUT2D eigenvalue weighted by Gasteiger charge is 2.23. The number of fused-ring (bicyclic) bond motifs is 1. The van der Waals surface area contributed by atoms with Crippen LogP contribution in [0.1, 0.15) is 36.7 Å². The molecular formula is C19H20N2O2S. The number of amides is 1. The fourth-order valence-electron chi connectivity index (χ4n) is 3.17. The normalized spacial score (nSPS) is 18.7. The predicted molar refractivity (Wildman–Crippen MR) is 96.2 cm³/mol. The Hall–Kier alpha value is -2.14. The van der Waals surface area contributed by atoms with E-state index in [2.05, 4.69) is 11.9 Å². The highest BCUT2D eigenvalue weighted by molar-refractivity contribution is 7.21. The van der Waals surface area contributed by atoms with Gasteiger partial charge in [-0.05, 0) is 49.4 Å². The summed E-state index contributed by atoms with van der Waals surface area (Å²) in [5.74, 6) is 1.77. The van der Waals surface area contributed by atoms with Gasteiger partial charge in [-0.2, -0.15) is 0 Å². The van der Waals surface area contributed by atoms with Crippen LogP contribution < -0.4 is 0 Å². The van der Waals surface area contributed by atoms with E-state index in [1.807, 2.05) is 35.2 Å². The van der Waals surface area contributed by atoms with E-state index < -0.39 is 0 Å². The van der Waals surface area contributed by atoms with Crippen LogP contribution in [0.3, 0.4) is 0 Å². The van der Waals surface area contributed by atoms with E-state index in [4.69, 9.17) is 4.42 Å². The Morgan fingerprint density at radius 3 is 2.96 bits per heavy atom. The molecule has 1 aliphatic heterocycles. The molecule has 0 bridgehead atoms. The molecule has 1 aliphatic rings. The zero-order valence-electron chi connectivity index (χ0n) is 13.7. The summed E-state index contributed by atoms with van der Waals surface area (Å²) in [4.78, 5) is 19.2. The van der Waals surface area contributed by atoms with Crippen molar-refractivity contribution in [3.63, 3.8) is 0 Å². The molecule has 1 atom stereocenters. The summed E-state index contributed by atoms with van der Waals surface area (Å²) in [6.07, 6.45) is 3.33. The summed E-state index contributed by atoms with van der Waals surface area (Å²) in [7, 11) is 0. The largest absolute Gasteiger partial charge is 0.448 e. The lowest BCUT2D eigenvalue weighted by Crippen LogP contribution is -2.31. The molecule has 0 saturated carbocycles. The highest BCUT2D eigenvalue weighted by Crippen LogP contribution is 2.31. The van der Waals surface area contributed by atoms with Crippen molar-refractivity contribution in [2.75, 3.05) is 13.1 Å². The third-order valence-corrected chi connectivity index (χ3v) is 5.68. The summed E-state index contributed by atoms with van der Waals surface area (Å²) < 4.78 is 6.96. The van der Waals surface area contributed by atoms with Crippen molar-refractivity contribution >= 4 is 27.5 Å². The second-order valence-electron chi connectivity index (χ2n) is 6.48. The maximum Gasteiger partial charge on any atom is 0.289 e. The van der Waals surface area contributed by atoms with Crippen LogP contribution >= 0.6 is 11.3 Å². The van der Waals surface area contributed by atoms with Crippen LogP contribution in [0.5, 0.6) is 0 Å². The first-order valence-corrected chi connectivity index (χ1v) is 9.27. The number of nitrogens with zero attached hydrogens (tertiary/aromatic N) is 2. The first kappa shape index (κ1) is 15.4. The quantitative estimate of drug-likeness (QED) is 0.672.